The average Bonchev–Trinajstić information content (AvgIpc) is 2.76. The average molecular weight is 389 g/mol. The van der Waals surface area contributed by atoms with Gasteiger partial charge >= 0.3 is 0 Å². The van der Waals surface area contributed by atoms with E-state index in [4.69, 9.17) is 14.2 Å². The van der Waals surface area contributed by atoms with E-state index in [0.29, 0.717) is 6.04 Å². The molecule has 4 heteroatoms. The Bertz CT molecular complexity index is 995. The van der Waals surface area contributed by atoms with Gasteiger partial charge in [0.2, 0.25) is 0 Å². The normalized spacial score (nSPS) is 25.3. The van der Waals surface area contributed by atoms with E-state index in [1.54, 1.807) is 14.2 Å². The lowest BCUT2D eigenvalue weighted by atomic mass is 9.57. The van der Waals surface area contributed by atoms with Crippen LogP contribution in [0.1, 0.15) is 24.0 Å². The number of para-hydroxylation sites is 1. The second-order valence-corrected chi connectivity index (χ2v) is 8.21. The summed E-state index contributed by atoms with van der Waals surface area (Å²) in [6.45, 7) is 1.06. The molecular formula is C25H27NO3. The quantitative estimate of drug-likeness (QED) is 0.748. The number of likely N-dealkylation sites (tertiary alicyclic amines) is 1. The zero-order chi connectivity index (χ0) is 20.0. The highest BCUT2D eigenvalue weighted by atomic mass is 16.5. The largest absolute Gasteiger partial charge is 0.501 e. The number of nitrogens with zero attached hydrogens (tertiary/aromatic N) is 1. The summed E-state index contributed by atoms with van der Waals surface area (Å²) < 4.78 is 18.0. The van der Waals surface area contributed by atoms with Crippen molar-refractivity contribution in [1.82, 2.24) is 4.90 Å². The maximum Gasteiger partial charge on any atom is 0.173 e. The van der Waals surface area contributed by atoms with E-state index >= 15 is 0 Å². The van der Waals surface area contributed by atoms with Crippen LogP contribution in [0.25, 0.3) is 0 Å². The SMILES string of the molecule is COC1=CC=C2[C@@H]3Cc4ccc(OC)c(Oc5ccccc5)c4[C@@]2(CCN3C)C1. The summed E-state index contributed by atoms with van der Waals surface area (Å²) in [5, 5.41) is 0. The van der Waals surface area contributed by atoms with Crippen LogP contribution in [-0.2, 0) is 16.6 Å². The fourth-order valence-corrected chi connectivity index (χ4v) is 5.36. The Morgan fingerprint density at radius 3 is 2.59 bits per heavy atom. The van der Waals surface area contributed by atoms with Gasteiger partial charge in [-0.1, -0.05) is 30.3 Å². The Kier molecular flexibility index (Phi) is 4.39. The molecule has 1 saturated heterocycles. The Morgan fingerprint density at radius 1 is 1.00 bits per heavy atom. The zero-order valence-corrected chi connectivity index (χ0v) is 17.3. The minimum absolute atomic E-state index is 0.108. The lowest BCUT2D eigenvalue weighted by Crippen LogP contribution is -2.54. The van der Waals surface area contributed by atoms with Crippen LogP contribution in [0.5, 0.6) is 17.2 Å². The highest BCUT2D eigenvalue weighted by Gasteiger charge is 2.52. The van der Waals surface area contributed by atoms with Crippen LogP contribution < -0.4 is 9.47 Å². The predicted molar refractivity (Wildman–Crippen MR) is 114 cm³/mol. The van der Waals surface area contributed by atoms with Crippen LogP contribution in [0.4, 0.5) is 0 Å². The van der Waals surface area contributed by atoms with E-state index in [9.17, 15) is 0 Å². The molecule has 0 spiro atoms. The Morgan fingerprint density at radius 2 is 1.83 bits per heavy atom. The van der Waals surface area contributed by atoms with E-state index in [0.717, 1.165) is 48.8 Å². The molecule has 1 aliphatic heterocycles. The van der Waals surface area contributed by atoms with Crippen molar-refractivity contribution in [1.29, 1.82) is 0 Å². The molecule has 150 valence electrons. The van der Waals surface area contributed by atoms with Crippen molar-refractivity contribution in [3.05, 3.63) is 77.1 Å². The third-order valence-electron chi connectivity index (χ3n) is 6.80. The van der Waals surface area contributed by atoms with Crippen LogP contribution in [0.3, 0.4) is 0 Å². The van der Waals surface area contributed by atoms with Crippen molar-refractivity contribution in [2.75, 3.05) is 27.8 Å². The summed E-state index contributed by atoms with van der Waals surface area (Å²) in [7, 11) is 5.72. The van der Waals surface area contributed by atoms with E-state index in [2.05, 4.69) is 30.2 Å². The summed E-state index contributed by atoms with van der Waals surface area (Å²) in [5.74, 6) is 3.49. The molecule has 2 bridgehead atoms. The summed E-state index contributed by atoms with van der Waals surface area (Å²) >= 11 is 0. The van der Waals surface area contributed by atoms with E-state index in [1.807, 2.05) is 36.4 Å². The van der Waals surface area contributed by atoms with Crippen LogP contribution in [0, 0.1) is 0 Å². The van der Waals surface area contributed by atoms with Gasteiger partial charge in [0, 0.05) is 23.4 Å². The molecule has 0 amide bonds. The van der Waals surface area contributed by atoms with Gasteiger partial charge in [-0.3, -0.25) is 4.90 Å². The maximum atomic E-state index is 6.50. The summed E-state index contributed by atoms with van der Waals surface area (Å²) in [4.78, 5) is 2.49. The lowest BCUT2D eigenvalue weighted by Gasteiger charge is -2.54. The summed E-state index contributed by atoms with van der Waals surface area (Å²) in [5.41, 5.74) is 4.00. The van der Waals surface area contributed by atoms with Crippen molar-refractivity contribution in [3.8, 4) is 17.2 Å². The molecule has 1 heterocycles. The lowest BCUT2D eigenvalue weighted by molar-refractivity contribution is 0.147. The smallest absolute Gasteiger partial charge is 0.173 e. The third kappa shape index (κ3) is 2.77. The summed E-state index contributed by atoms with van der Waals surface area (Å²) in [6.07, 6.45) is 7.33. The molecule has 2 aliphatic carbocycles. The number of benzene rings is 2. The minimum atomic E-state index is -0.108. The summed E-state index contributed by atoms with van der Waals surface area (Å²) in [6, 6.07) is 14.7. The van der Waals surface area contributed by atoms with Gasteiger partial charge in [-0.15, -0.1) is 0 Å². The molecule has 29 heavy (non-hydrogen) atoms. The zero-order valence-electron chi connectivity index (χ0n) is 17.3. The molecule has 2 aromatic carbocycles. The van der Waals surface area contributed by atoms with Crippen LogP contribution in [0.15, 0.2) is 65.9 Å². The molecule has 0 radical (unpaired) electrons. The van der Waals surface area contributed by atoms with Crippen LogP contribution in [-0.4, -0.2) is 38.8 Å². The van der Waals surface area contributed by atoms with Crippen molar-refractivity contribution in [2.24, 2.45) is 0 Å². The second kappa shape index (κ2) is 6.96. The van der Waals surface area contributed by atoms with Gasteiger partial charge < -0.3 is 14.2 Å². The van der Waals surface area contributed by atoms with E-state index < -0.39 is 0 Å². The van der Waals surface area contributed by atoms with Crippen LogP contribution in [0.2, 0.25) is 0 Å². The highest BCUT2D eigenvalue weighted by molar-refractivity contribution is 5.63. The van der Waals surface area contributed by atoms with Crippen molar-refractivity contribution < 1.29 is 14.2 Å². The molecule has 0 N–H and O–H groups in total. The number of ether oxygens (including phenoxy) is 3. The standard InChI is InChI=1S/C25H27NO3/c1-26-14-13-25-16-19(27-2)10-11-20(25)21(26)15-17-9-12-22(28-3)24(23(17)25)29-18-7-5-4-6-8-18/h4-12,21H,13-16H2,1-3H3/t21-,25-/m0/s1. The molecule has 4 nitrogen and oxygen atoms in total. The van der Waals surface area contributed by atoms with E-state index in [1.165, 1.54) is 16.7 Å². The first kappa shape index (κ1) is 18.3. The van der Waals surface area contributed by atoms with Gasteiger partial charge in [0.1, 0.15) is 5.75 Å². The van der Waals surface area contributed by atoms with Gasteiger partial charge in [0.25, 0.3) is 0 Å². The minimum Gasteiger partial charge on any atom is -0.501 e. The van der Waals surface area contributed by atoms with Crippen molar-refractivity contribution in [3.63, 3.8) is 0 Å². The molecule has 3 aliphatic rings. The molecule has 0 saturated carbocycles. The van der Waals surface area contributed by atoms with Gasteiger partial charge in [0.15, 0.2) is 11.5 Å². The van der Waals surface area contributed by atoms with Gasteiger partial charge in [-0.25, -0.2) is 0 Å². The van der Waals surface area contributed by atoms with Gasteiger partial charge in [0.05, 0.1) is 20.0 Å². The number of methoxy groups -OCH3 is 2. The Labute approximate surface area is 172 Å². The van der Waals surface area contributed by atoms with Crippen molar-refractivity contribution >= 4 is 0 Å². The number of allylic oxidation sites excluding steroid dienone is 3. The Balaban J connectivity index is 1.73. The number of hydrogen-bond acceptors (Lipinski definition) is 4. The number of fused-ring (bicyclic) bond motifs is 1. The van der Waals surface area contributed by atoms with E-state index in [-0.39, 0.29) is 5.41 Å². The molecule has 2 atom stereocenters. The van der Waals surface area contributed by atoms with Gasteiger partial charge in [-0.05, 0) is 61.8 Å². The maximum absolute atomic E-state index is 6.50. The van der Waals surface area contributed by atoms with Crippen LogP contribution >= 0.6 is 0 Å². The first-order valence-electron chi connectivity index (χ1n) is 10.2. The molecule has 2 aromatic rings. The number of rotatable bonds is 4. The highest BCUT2D eigenvalue weighted by Crippen LogP contribution is 2.58. The Hall–Kier alpha value is -2.72. The first-order valence-corrected chi connectivity index (χ1v) is 10.2. The molecule has 0 aromatic heterocycles. The fraction of sp³-hybridized carbons (Fsp3) is 0.360. The topological polar surface area (TPSA) is 30.9 Å². The first-order chi connectivity index (χ1) is 14.2. The number of likely N-dealkylation sites (N-methyl/N-ethyl adjacent to an activating group) is 1. The second-order valence-electron chi connectivity index (χ2n) is 8.21. The van der Waals surface area contributed by atoms with Crippen molar-refractivity contribution in [2.45, 2.75) is 30.7 Å². The monoisotopic (exact) mass is 389 g/mol. The third-order valence-corrected chi connectivity index (χ3v) is 6.80. The molecule has 1 fully saturated rings. The molecule has 0 unspecified atom stereocenters. The number of piperidine rings is 1. The molecule has 5 rings (SSSR count). The van der Waals surface area contributed by atoms with Gasteiger partial charge in [-0.2, -0.15) is 0 Å². The number of hydrogen-bond donors (Lipinski definition) is 0. The molecular weight excluding hydrogens is 362 g/mol. The fourth-order valence-electron chi connectivity index (χ4n) is 5.36. The predicted octanol–water partition coefficient (Wildman–Crippen LogP) is 4.85.